The smallest absolute Gasteiger partial charge is 0.329 e. The average Bonchev–Trinajstić information content (AvgIpc) is 3.67. The SMILES string of the molecule is CCC=CCC=CCC=CCC=CCC=CCCCC(=O)N[C@@H](CCCCNC(=O)c1ccc(CCN2CCCC2)nc1)C(=O)OC(CO)CO. The van der Waals surface area contributed by atoms with E-state index in [-0.39, 0.29) is 18.2 Å². The summed E-state index contributed by atoms with van der Waals surface area (Å²) in [5, 5.41) is 24.3. The molecule has 2 amide bonds. The quantitative estimate of drug-likeness (QED) is 0.0502. The van der Waals surface area contributed by atoms with Crippen LogP contribution in [0.15, 0.2) is 79.1 Å². The number of unbranched alkanes of at least 4 members (excludes halogenated alkanes) is 2. The van der Waals surface area contributed by atoms with Crippen LogP contribution in [0.2, 0.25) is 0 Å². The molecule has 10 nitrogen and oxygen atoms in total. The van der Waals surface area contributed by atoms with Gasteiger partial charge in [0, 0.05) is 37.8 Å². The zero-order valence-electron chi connectivity index (χ0n) is 30.7. The molecule has 0 aromatic carbocycles. The third-order valence-electron chi connectivity index (χ3n) is 8.42. The molecule has 1 fully saturated rings. The van der Waals surface area contributed by atoms with Gasteiger partial charge < -0.3 is 30.5 Å². The van der Waals surface area contributed by atoms with Gasteiger partial charge in [-0.05, 0) is 102 Å². The van der Waals surface area contributed by atoms with E-state index >= 15 is 0 Å². The van der Waals surface area contributed by atoms with Crippen molar-refractivity contribution in [1.82, 2.24) is 20.5 Å². The second-order valence-electron chi connectivity index (χ2n) is 12.7. The summed E-state index contributed by atoms with van der Waals surface area (Å²) in [6, 6.07) is 2.78. The van der Waals surface area contributed by atoms with Crippen LogP contribution in [0.4, 0.5) is 0 Å². The number of ether oxygens (including phenoxy) is 1. The molecule has 282 valence electrons. The Bertz CT molecular complexity index is 1250. The van der Waals surface area contributed by atoms with Crippen LogP contribution in [-0.2, 0) is 20.7 Å². The number of esters is 1. The van der Waals surface area contributed by atoms with Crippen LogP contribution >= 0.6 is 0 Å². The second-order valence-corrected chi connectivity index (χ2v) is 12.7. The van der Waals surface area contributed by atoms with Gasteiger partial charge in [-0.1, -0.05) is 67.7 Å². The molecule has 0 saturated carbocycles. The van der Waals surface area contributed by atoms with Crippen LogP contribution in [0.5, 0.6) is 0 Å². The number of pyridine rings is 1. The van der Waals surface area contributed by atoms with Crippen molar-refractivity contribution in [3.63, 3.8) is 0 Å². The molecule has 0 unspecified atom stereocenters. The van der Waals surface area contributed by atoms with Gasteiger partial charge in [-0.2, -0.15) is 0 Å². The molecular formula is C41H62N4O6. The van der Waals surface area contributed by atoms with Gasteiger partial charge in [0.05, 0.1) is 18.8 Å². The molecule has 1 aromatic heterocycles. The van der Waals surface area contributed by atoms with E-state index in [1.54, 1.807) is 12.3 Å². The number of rotatable bonds is 27. The number of aliphatic hydroxyl groups excluding tert-OH is 2. The number of hydrogen-bond acceptors (Lipinski definition) is 8. The molecule has 1 saturated heterocycles. The molecule has 1 aromatic rings. The minimum Gasteiger partial charge on any atom is -0.456 e. The maximum absolute atomic E-state index is 12.8. The van der Waals surface area contributed by atoms with E-state index in [4.69, 9.17) is 4.74 Å². The lowest BCUT2D eigenvalue weighted by Gasteiger charge is -2.20. The molecule has 2 rings (SSSR count). The van der Waals surface area contributed by atoms with Gasteiger partial charge in [-0.3, -0.25) is 14.6 Å². The highest BCUT2D eigenvalue weighted by molar-refractivity contribution is 5.93. The number of allylic oxidation sites excluding steroid dienone is 10. The molecule has 10 heteroatoms. The standard InChI is InChI=1S/C41H62N4O6/c1-2-3-4-5-6-7-8-9-10-11-12-13-14-15-16-17-18-24-39(48)44-38(41(50)51-37(33-46)34-47)23-19-20-28-42-40(49)35-25-26-36(43-32-35)27-31-45-29-21-22-30-45/h3-4,6-7,9-10,12-13,15-16,25-26,32,37-38,46-47H,2,5,8,11,14,17-24,27-31,33-34H2,1H3,(H,42,49)(H,44,48)/t38-/m0/s1. The fraction of sp³-hybridized carbons (Fsp3) is 0.561. The number of aromatic nitrogens is 1. The first-order chi connectivity index (χ1) is 25.0. The third kappa shape index (κ3) is 21.2. The number of nitrogens with zero attached hydrogens (tertiary/aromatic N) is 2. The van der Waals surface area contributed by atoms with Crippen molar-refractivity contribution < 1.29 is 29.3 Å². The average molecular weight is 707 g/mol. The van der Waals surface area contributed by atoms with Gasteiger partial charge in [0.1, 0.15) is 12.1 Å². The zero-order valence-corrected chi connectivity index (χ0v) is 30.7. The Morgan fingerprint density at radius 2 is 1.49 bits per heavy atom. The van der Waals surface area contributed by atoms with Crippen LogP contribution in [0.3, 0.4) is 0 Å². The molecule has 4 N–H and O–H groups in total. The number of aliphatic hydroxyl groups is 2. The maximum atomic E-state index is 12.8. The van der Waals surface area contributed by atoms with E-state index in [1.807, 2.05) is 6.07 Å². The molecular weight excluding hydrogens is 644 g/mol. The molecule has 1 aliphatic heterocycles. The Kier molecular flexibility index (Phi) is 24.5. The van der Waals surface area contributed by atoms with E-state index in [0.717, 1.165) is 70.3 Å². The summed E-state index contributed by atoms with van der Waals surface area (Å²) >= 11 is 0. The second kappa shape index (κ2) is 28.8. The molecule has 0 aliphatic carbocycles. The van der Waals surface area contributed by atoms with Gasteiger partial charge in [0.25, 0.3) is 5.91 Å². The van der Waals surface area contributed by atoms with E-state index in [2.05, 4.69) is 88.2 Å². The number of hydrogen-bond donors (Lipinski definition) is 4. The molecule has 0 spiro atoms. The van der Waals surface area contributed by atoms with Crippen molar-refractivity contribution in [2.24, 2.45) is 0 Å². The number of likely N-dealkylation sites (tertiary alicyclic amines) is 1. The topological polar surface area (TPSA) is 141 Å². The van der Waals surface area contributed by atoms with Crippen LogP contribution in [-0.4, -0.2) is 89.4 Å². The Morgan fingerprint density at radius 3 is 2.08 bits per heavy atom. The van der Waals surface area contributed by atoms with Gasteiger partial charge >= 0.3 is 5.97 Å². The van der Waals surface area contributed by atoms with Gasteiger partial charge in [0.2, 0.25) is 5.91 Å². The van der Waals surface area contributed by atoms with Crippen molar-refractivity contribution in [3.8, 4) is 0 Å². The van der Waals surface area contributed by atoms with Crippen molar-refractivity contribution in [1.29, 1.82) is 0 Å². The number of carbonyl (C=O) groups is 3. The molecule has 1 aliphatic rings. The van der Waals surface area contributed by atoms with Gasteiger partial charge in [0.15, 0.2) is 0 Å². The summed E-state index contributed by atoms with van der Waals surface area (Å²) < 4.78 is 5.20. The van der Waals surface area contributed by atoms with Crippen LogP contribution in [0, 0.1) is 0 Å². The first-order valence-electron chi connectivity index (χ1n) is 18.9. The number of nitrogens with one attached hydrogen (secondary N) is 2. The van der Waals surface area contributed by atoms with E-state index in [1.165, 1.54) is 12.8 Å². The Labute approximate surface area is 305 Å². The van der Waals surface area contributed by atoms with E-state index < -0.39 is 31.3 Å². The fourth-order valence-corrected chi connectivity index (χ4v) is 5.41. The van der Waals surface area contributed by atoms with Gasteiger partial charge in [-0.15, -0.1) is 0 Å². The minimum absolute atomic E-state index is 0.209. The van der Waals surface area contributed by atoms with Crippen LogP contribution in [0.25, 0.3) is 0 Å². The predicted molar refractivity (Wildman–Crippen MR) is 204 cm³/mol. The third-order valence-corrected chi connectivity index (χ3v) is 8.42. The first-order valence-corrected chi connectivity index (χ1v) is 18.9. The van der Waals surface area contributed by atoms with Crippen molar-refractivity contribution >= 4 is 17.8 Å². The van der Waals surface area contributed by atoms with Crippen molar-refractivity contribution in [2.75, 3.05) is 39.4 Å². The van der Waals surface area contributed by atoms with E-state index in [0.29, 0.717) is 37.8 Å². The molecule has 51 heavy (non-hydrogen) atoms. The summed E-state index contributed by atoms with van der Waals surface area (Å²) in [7, 11) is 0. The Morgan fingerprint density at radius 1 is 0.863 bits per heavy atom. The molecule has 2 heterocycles. The lowest BCUT2D eigenvalue weighted by atomic mass is 10.1. The summed E-state index contributed by atoms with van der Waals surface area (Å²) in [5.41, 5.74) is 1.47. The first kappa shape index (κ1) is 43.3. The lowest BCUT2D eigenvalue weighted by molar-refractivity contribution is -0.157. The highest BCUT2D eigenvalue weighted by Gasteiger charge is 2.24. The Balaban J connectivity index is 1.66. The molecule has 0 bridgehead atoms. The highest BCUT2D eigenvalue weighted by Crippen LogP contribution is 2.10. The zero-order chi connectivity index (χ0) is 36.8. The Hall–Kier alpha value is -3.86. The summed E-state index contributed by atoms with van der Waals surface area (Å²) in [5.74, 6) is -1.17. The molecule has 1 atom stereocenters. The van der Waals surface area contributed by atoms with Crippen LogP contribution < -0.4 is 10.6 Å². The summed E-state index contributed by atoms with van der Waals surface area (Å²) in [6.07, 6.45) is 33.2. The van der Waals surface area contributed by atoms with Crippen molar-refractivity contribution in [2.45, 2.75) is 109 Å². The van der Waals surface area contributed by atoms with E-state index in [9.17, 15) is 24.6 Å². The fourth-order valence-electron chi connectivity index (χ4n) is 5.41. The summed E-state index contributed by atoms with van der Waals surface area (Å²) in [4.78, 5) is 45.0. The maximum Gasteiger partial charge on any atom is 0.329 e. The van der Waals surface area contributed by atoms with Gasteiger partial charge in [-0.25, -0.2) is 4.79 Å². The number of carbonyl (C=O) groups excluding carboxylic acids is 3. The lowest BCUT2D eigenvalue weighted by Crippen LogP contribution is -2.44. The molecule has 0 radical (unpaired) electrons. The van der Waals surface area contributed by atoms with Crippen LogP contribution in [0.1, 0.15) is 106 Å². The predicted octanol–water partition coefficient (Wildman–Crippen LogP) is 5.92. The summed E-state index contributed by atoms with van der Waals surface area (Å²) in [6.45, 7) is 4.77. The minimum atomic E-state index is -1.05. The van der Waals surface area contributed by atoms with Crippen molar-refractivity contribution in [3.05, 3.63) is 90.3 Å². The largest absolute Gasteiger partial charge is 0.456 e. The normalized spacial score (nSPS) is 14.6. The highest BCUT2D eigenvalue weighted by atomic mass is 16.6. The monoisotopic (exact) mass is 706 g/mol. The number of amides is 2.